The summed E-state index contributed by atoms with van der Waals surface area (Å²) in [6.07, 6.45) is 8.38. The maximum absolute atomic E-state index is 9.00. The van der Waals surface area contributed by atoms with Gasteiger partial charge in [0.2, 0.25) is 0 Å². The summed E-state index contributed by atoms with van der Waals surface area (Å²) in [6, 6.07) is 2.38. The lowest BCUT2D eigenvalue weighted by Crippen LogP contribution is -2.15. The van der Waals surface area contributed by atoms with E-state index in [0.29, 0.717) is 0 Å². The van der Waals surface area contributed by atoms with Crippen LogP contribution < -0.4 is 0 Å². The third-order valence-corrected chi connectivity index (χ3v) is 2.19. The molecule has 0 saturated carbocycles. The van der Waals surface area contributed by atoms with E-state index in [4.69, 9.17) is 5.26 Å². The van der Waals surface area contributed by atoms with Gasteiger partial charge in [0, 0.05) is 0 Å². The maximum atomic E-state index is 9.00. The molecule has 0 spiro atoms. The van der Waals surface area contributed by atoms with Gasteiger partial charge in [0.05, 0.1) is 11.5 Å². The van der Waals surface area contributed by atoms with Crippen LogP contribution in [0.5, 0.6) is 0 Å². The molecule has 1 nitrogen and oxygen atoms in total. The molecule has 0 amide bonds. The largest absolute Gasteiger partial charge is 0.198 e. The minimum Gasteiger partial charge on any atom is -0.198 e. The van der Waals surface area contributed by atoms with Crippen molar-refractivity contribution in [1.29, 1.82) is 5.26 Å². The minimum absolute atomic E-state index is 0.214. The fourth-order valence-corrected chi connectivity index (χ4v) is 1.16. The van der Waals surface area contributed by atoms with Crippen LogP contribution in [0.25, 0.3) is 0 Å². The Morgan fingerprint density at radius 1 is 1.50 bits per heavy atom. The van der Waals surface area contributed by atoms with Crippen LogP contribution in [0.4, 0.5) is 0 Å². The maximum Gasteiger partial charge on any atom is 0.0696 e. The number of hydrogen-bond donors (Lipinski definition) is 0. The van der Waals surface area contributed by atoms with Gasteiger partial charge in [-0.2, -0.15) is 5.26 Å². The van der Waals surface area contributed by atoms with Crippen LogP contribution >= 0.6 is 0 Å². The molecule has 0 aromatic rings. The molecular formula is C11H17N. The van der Waals surface area contributed by atoms with Crippen molar-refractivity contribution in [2.75, 3.05) is 0 Å². The van der Waals surface area contributed by atoms with E-state index >= 15 is 0 Å². The standard InChI is InChI=1S/C11H17N/c1-4-7-9-11(6-3,10-12)8-5-2/h4-5,7H,2,6,8-9H2,1,3H3. The molecule has 0 rings (SSSR count). The predicted molar refractivity (Wildman–Crippen MR) is 52.6 cm³/mol. The normalized spacial score (nSPS) is 15.4. The third kappa shape index (κ3) is 2.92. The molecule has 66 valence electrons. The van der Waals surface area contributed by atoms with Crippen molar-refractivity contribution in [3.8, 4) is 6.07 Å². The first-order valence-corrected chi connectivity index (χ1v) is 4.38. The van der Waals surface area contributed by atoms with Gasteiger partial charge >= 0.3 is 0 Å². The van der Waals surface area contributed by atoms with Crippen LogP contribution in [0.15, 0.2) is 24.8 Å². The van der Waals surface area contributed by atoms with E-state index < -0.39 is 0 Å². The average molecular weight is 163 g/mol. The van der Waals surface area contributed by atoms with Crippen molar-refractivity contribution in [3.05, 3.63) is 24.8 Å². The molecule has 0 saturated heterocycles. The second kappa shape index (κ2) is 5.60. The van der Waals surface area contributed by atoms with Gasteiger partial charge in [-0.25, -0.2) is 0 Å². The molecule has 0 aromatic carbocycles. The lowest BCUT2D eigenvalue weighted by atomic mass is 9.80. The summed E-state index contributed by atoms with van der Waals surface area (Å²) in [5.74, 6) is 0. The predicted octanol–water partition coefficient (Wildman–Crippen LogP) is 3.45. The van der Waals surface area contributed by atoms with Crippen LogP contribution in [0.2, 0.25) is 0 Å². The Morgan fingerprint density at radius 2 is 2.17 bits per heavy atom. The summed E-state index contributed by atoms with van der Waals surface area (Å²) in [6.45, 7) is 7.70. The number of nitrogens with zero attached hydrogens (tertiary/aromatic N) is 1. The van der Waals surface area contributed by atoms with Gasteiger partial charge in [0.25, 0.3) is 0 Å². The Hall–Kier alpha value is -1.03. The zero-order chi connectivity index (χ0) is 9.45. The van der Waals surface area contributed by atoms with Crippen LogP contribution in [0, 0.1) is 16.7 Å². The highest BCUT2D eigenvalue weighted by Crippen LogP contribution is 2.30. The van der Waals surface area contributed by atoms with Crippen LogP contribution in [0.1, 0.15) is 33.1 Å². The first-order valence-electron chi connectivity index (χ1n) is 4.38. The van der Waals surface area contributed by atoms with E-state index in [2.05, 4.69) is 25.6 Å². The summed E-state index contributed by atoms with van der Waals surface area (Å²) in [7, 11) is 0. The Kier molecular flexibility index (Phi) is 5.12. The molecule has 0 fully saturated rings. The summed E-state index contributed by atoms with van der Waals surface area (Å²) in [4.78, 5) is 0. The topological polar surface area (TPSA) is 23.8 Å². The van der Waals surface area contributed by atoms with Crippen LogP contribution in [-0.4, -0.2) is 0 Å². The van der Waals surface area contributed by atoms with Crippen molar-refractivity contribution < 1.29 is 0 Å². The molecule has 1 heteroatoms. The van der Waals surface area contributed by atoms with E-state index in [1.807, 2.05) is 19.1 Å². The summed E-state index contributed by atoms with van der Waals surface area (Å²) in [5, 5.41) is 9.00. The van der Waals surface area contributed by atoms with E-state index in [-0.39, 0.29) is 5.41 Å². The molecular weight excluding hydrogens is 146 g/mol. The van der Waals surface area contributed by atoms with E-state index in [0.717, 1.165) is 19.3 Å². The first kappa shape index (κ1) is 11.0. The summed E-state index contributed by atoms with van der Waals surface area (Å²) in [5.41, 5.74) is -0.214. The smallest absolute Gasteiger partial charge is 0.0696 e. The molecule has 1 unspecified atom stereocenters. The van der Waals surface area contributed by atoms with Crippen molar-refractivity contribution in [1.82, 2.24) is 0 Å². The number of rotatable bonds is 5. The lowest BCUT2D eigenvalue weighted by Gasteiger charge is -2.21. The second-order valence-electron chi connectivity index (χ2n) is 3.01. The van der Waals surface area contributed by atoms with Crippen molar-refractivity contribution >= 4 is 0 Å². The van der Waals surface area contributed by atoms with Crippen LogP contribution in [0.3, 0.4) is 0 Å². The molecule has 1 atom stereocenters. The van der Waals surface area contributed by atoms with E-state index in [1.165, 1.54) is 0 Å². The van der Waals surface area contributed by atoms with Crippen molar-refractivity contribution in [2.45, 2.75) is 33.1 Å². The highest BCUT2D eigenvalue weighted by molar-refractivity contribution is 5.05. The molecule has 12 heavy (non-hydrogen) atoms. The Balaban J connectivity index is 4.36. The van der Waals surface area contributed by atoms with E-state index in [1.54, 1.807) is 0 Å². The Bertz CT molecular complexity index is 198. The van der Waals surface area contributed by atoms with Gasteiger partial charge < -0.3 is 0 Å². The third-order valence-electron chi connectivity index (χ3n) is 2.19. The highest BCUT2D eigenvalue weighted by atomic mass is 14.4. The minimum atomic E-state index is -0.214. The van der Waals surface area contributed by atoms with E-state index in [9.17, 15) is 0 Å². The summed E-state index contributed by atoms with van der Waals surface area (Å²) >= 11 is 0. The van der Waals surface area contributed by atoms with Crippen molar-refractivity contribution in [2.24, 2.45) is 5.41 Å². The molecule has 0 N–H and O–H groups in total. The van der Waals surface area contributed by atoms with Crippen LogP contribution in [-0.2, 0) is 0 Å². The van der Waals surface area contributed by atoms with Gasteiger partial charge in [-0.15, -0.1) is 6.58 Å². The molecule has 0 bridgehead atoms. The lowest BCUT2D eigenvalue weighted by molar-refractivity contribution is 0.390. The van der Waals surface area contributed by atoms with Crippen molar-refractivity contribution in [3.63, 3.8) is 0 Å². The fraction of sp³-hybridized carbons (Fsp3) is 0.545. The average Bonchev–Trinajstić information content (AvgIpc) is 2.13. The fourth-order valence-electron chi connectivity index (χ4n) is 1.16. The second-order valence-corrected chi connectivity index (χ2v) is 3.01. The van der Waals surface area contributed by atoms with Gasteiger partial charge in [-0.3, -0.25) is 0 Å². The monoisotopic (exact) mass is 163 g/mol. The molecule has 0 aliphatic heterocycles. The molecule has 0 aliphatic carbocycles. The quantitative estimate of drug-likeness (QED) is 0.569. The van der Waals surface area contributed by atoms with Gasteiger partial charge in [0.15, 0.2) is 0 Å². The Labute approximate surface area is 75.4 Å². The SMILES string of the molecule is C=CCC(C#N)(CC)CC=CC. The number of nitriles is 1. The first-order chi connectivity index (χ1) is 5.74. The number of hydrogen-bond acceptors (Lipinski definition) is 1. The van der Waals surface area contributed by atoms with Gasteiger partial charge in [-0.05, 0) is 26.2 Å². The zero-order valence-electron chi connectivity index (χ0n) is 8.01. The molecule has 0 radical (unpaired) electrons. The Morgan fingerprint density at radius 3 is 2.50 bits per heavy atom. The molecule has 0 aromatic heterocycles. The highest BCUT2D eigenvalue weighted by Gasteiger charge is 2.24. The van der Waals surface area contributed by atoms with Gasteiger partial charge in [-0.1, -0.05) is 25.2 Å². The number of allylic oxidation sites excluding steroid dienone is 3. The van der Waals surface area contributed by atoms with Gasteiger partial charge in [0.1, 0.15) is 0 Å². The molecule has 0 heterocycles. The summed E-state index contributed by atoms with van der Waals surface area (Å²) < 4.78 is 0. The zero-order valence-corrected chi connectivity index (χ0v) is 8.01. The molecule has 0 aliphatic rings.